The number of anilines is 1. The molecule has 25 heavy (non-hydrogen) atoms. The molecular formula is C19H19NO5. The highest BCUT2D eigenvalue weighted by Gasteiger charge is 2.22. The summed E-state index contributed by atoms with van der Waals surface area (Å²) in [5.74, 6) is 0.979. The van der Waals surface area contributed by atoms with Crippen molar-refractivity contribution in [2.75, 3.05) is 19.1 Å². The van der Waals surface area contributed by atoms with Crippen LogP contribution in [-0.2, 0) is 4.79 Å². The molecule has 0 bridgehead atoms. The second-order valence-corrected chi connectivity index (χ2v) is 5.54. The average Bonchev–Trinajstić information content (AvgIpc) is 2.59. The molecule has 3 rings (SSSR count). The molecule has 1 heterocycles. The summed E-state index contributed by atoms with van der Waals surface area (Å²) in [7, 11) is 3.37. The minimum absolute atomic E-state index is 0.334. The molecule has 0 fully saturated rings. The van der Waals surface area contributed by atoms with E-state index >= 15 is 0 Å². The lowest BCUT2D eigenvalue weighted by Crippen LogP contribution is -2.25. The van der Waals surface area contributed by atoms with Gasteiger partial charge in [0.2, 0.25) is 6.29 Å². The molecule has 1 aliphatic rings. The van der Waals surface area contributed by atoms with Crippen LogP contribution in [-0.4, -0.2) is 31.5 Å². The number of aliphatic hydroxyl groups is 1. The first-order valence-electron chi connectivity index (χ1n) is 7.75. The van der Waals surface area contributed by atoms with E-state index < -0.39 is 12.3 Å². The van der Waals surface area contributed by atoms with Gasteiger partial charge in [-0.15, -0.1) is 0 Å². The van der Waals surface area contributed by atoms with Gasteiger partial charge in [-0.05, 0) is 24.3 Å². The summed E-state index contributed by atoms with van der Waals surface area (Å²) in [5, 5.41) is 9.96. The molecule has 0 aromatic heterocycles. The molecule has 0 aliphatic carbocycles. The van der Waals surface area contributed by atoms with Crippen LogP contribution in [0.5, 0.6) is 17.2 Å². The number of carbonyl (C=O) groups excluding carboxylic acids is 1. The van der Waals surface area contributed by atoms with E-state index in [9.17, 15) is 9.90 Å². The Balaban J connectivity index is 2.00. The summed E-state index contributed by atoms with van der Waals surface area (Å²) in [6.45, 7) is 1.34. The Labute approximate surface area is 145 Å². The van der Waals surface area contributed by atoms with Crippen LogP contribution in [0.25, 0.3) is 5.70 Å². The lowest BCUT2D eigenvalue weighted by atomic mass is 10.1. The summed E-state index contributed by atoms with van der Waals surface area (Å²) >= 11 is 0. The third-order valence-electron chi connectivity index (χ3n) is 3.86. The predicted molar refractivity (Wildman–Crippen MR) is 93.8 cm³/mol. The molecule has 0 radical (unpaired) electrons. The van der Waals surface area contributed by atoms with Gasteiger partial charge in [0.15, 0.2) is 11.5 Å². The first kappa shape index (κ1) is 16.9. The number of carbonyl (C=O) groups is 1. The van der Waals surface area contributed by atoms with Crippen LogP contribution in [0.4, 0.5) is 5.69 Å². The molecule has 1 aliphatic heterocycles. The predicted octanol–water partition coefficient (Wildman–Crippen LogP) is 2.81. The summed E-state index contributed by atoms with van der Waals surface area (Å²) < 4.78 is 15.9. The van der Waals surface area contributed by atoms with Crippen LogP contribution in [0.15, 0.2) is 48.5 Å². The number of ether oxygens (including phenoxy) is 3. The van der Waals surface area contributed by atoms with Crippen molar-refractivity contribution in [1.82, 2.24) is 0 Å². The van der Waals surface area contributed by atoms with Crippen molar-refractivity contribution in [2.45, 2.75) is 13.2 Å². The average molecular weight is 341 g/mol. The second-order valence-electron chi connectivity index (χ2n) is 5.54. The molecule has 0 amide bonds. The fraction of sp³-hybridized carbons (Fsp3) is 0.211. The molecule has 130 valence electrons. The number of rotatable bonds is 4. The van der Waals surface area contributed by atoms with Crippen molar-refractivity contribution >= 4 is 17.4 Å². The molecule has 2 aromatic carbocycles. The molecule has 6 nitrogen and oxygen atoms in total. The smallest absolute Gasteiger partial charge is 0.308 e. The van der Waals surface area contributed by atoms with Crippen molar-refractivity contribution in [2.24, 2.45) is 0 Å². The zero-order valence-corrected chi connectivity index (χ0v) is 14.2. The van der Waals surface area contributed by atoms with Gasteiger partial charge in [0, 0.05) is 37.4 Å². The van der Waals surface area contributed by atoms with Gasteiger partial charge >= 0.3 is 5.97 Å². The Morgan fingerprint density at radius 3 is 2.68 bits per heavy atom. The van der Waals surface area contributed by atoms with Gasteiger partial charge in [0.25, 0.3) is 0 Å². The van der Waals surface area contributed by atoms with Crippen molar-refractivity contribution in [3.05, 3.63) is 54.1 Å². The highest BCUT2D eigenvalue weighted by Crippen LogP contribution is 2.38. The summed E-state index contributed by atoms with van der Waals surface area (Å²) in [6, 6.07) is 12.8. The van der Waals surface area contributed by atoms with Gasteiger partial charge < -0.3 is 24.2 Å². The normalized spacial score (nSPS) is 15.5. The first-order valence-corrected chi connectivity index (χ1v) is 7.75. The summed E-state index contributed by atoms with van der Waals surface area (Å²) in [4.78, 5) is 13.2. The third-order valence-corrected chi connectivity index (χ3v) is 3.86. The summed E-state index contributed by atoms with van der Waals surface area (Å²) in [6.07, 6.45) is 0.594. The number of methoxy groups -OCH3 is 1. The molecule has 0 spiro atoms. The van der Waals surface area contributed by atoms with E-state index in [0.717, 1.165) is 16.9 Å². The van der Waals surface area contributed by atoms with Gasteiger partial charge in [-0.1, -0.05) is 12.1 Å². The Bertz CT molecular complexity index is 830. The van der Waals surface area contributed by atoms with Crippen molar-refractivity contribution in [3.63, 3.8) is 0 Å². The molecule has 1 unspecified atom stereocenters. The number of para-hydroxylation sites is 1. The van der Waals surface area contributed by atoms with E-state index in [0.29, 0.717) is 17.2 Å². The number of aliphatic hydroxyl groups excluding tert-OH is 1. The van der Waals surface area contributed by atoms with Crippen molar-refractivity contribution < 1.29 is 24.1 Å². The van der Waals surface area contributed by atoms with Crippen molar-refractivity contribution in [3.8, 4) is 17.2 Å². The van der Waals surface area contributed by atoms with Crippen LogP contribution in [0.3, 0.4) is 0 Å². The van der Waals surface area contributed by atoms with Gasteiger partial charge in [-0.2, -0.15) is 0 Å². The van der Waals surface area contributed by atoms with E-state index in [-0.39, 0.29) is 0 Å². The Kier molecular flexibility index (Phi) is 4.63. The lowest BCUT2D eigenvalue weighted by molar-refractivity contribution is -0.132. The van der Waals surface area contributed by atoms with Gasteiger partial charge in [-0.25, -0.2) is 0 Å². The Morgan fingerprint density at radius 2 is 1.96 bits per heavy atom. The van der Waals surface area contributed by atoms with E-state index in [1.807, 2.05) is 36.2 Å². The van der Waals surface area contributed by atoms with E-state index in [2.05, 4.69) is 0 Å². The Hall–Kier alpha value is -2.99. The topological polar surface area (TPSA) is 68.2 Å². The second kappa shape index (κ2) is 6.86. The maximum atomic E-state index is 11.3. The molecule has 6 heteroatoms. The van der Waals surface area contributed by atoms with Crippen LogP contribution < -0.4 is 19.1 Å². The lowest BCUT2D eigenvalue weighted by Gasteiger charge is -2.29. The number of hydrogen-bond acceptors (Lipinski definition) is 6. The van der Waals surface area contributed by atoms with Crippen LogP contribution in [0.1, 0.15) is 12.5 Å². The van der Waals surface area contributed by atoms with Gasteiger partial charge in [0.1, 0.15) is 5.75 Å². The Morgan fingerprint density at radius 1 is 1.20 bits per heavy atom. The number of esters is 1. The number of nitrogens with zero attached hydrogens (tertiary/aromatic N) is 1. The van der Waals surface area contributed by atoms with Gasteiger partial charge in [0.05, 0.1) is 12.8 Å². The molecule has 0 saturated carbocycles. The fourth-order valence-electron chi connectivity index (χ4n) is 2.71. The highest BCUT2D eigenvalue weighted by molar-refractivity contribution is 5.83. The first-order chi connectivity index (χ1) is 12.0. The number of fused-ring (bicyclic) bond motifs is 1. The fourth-order valence-corrected chi connectivity index (χ4v) is 2.71. The largest absolute Gasteiger partial charge is 0.493 e. The molecule has 1 N–H and O–H groups in total. The molecule has 0 saturated heterocycles. The minimum atomic E-state index is -1.03. The highest BCUT2D eigenvalue weighted by atomic mass is 16.6. The number of benzene rings is 2. The third kappa shape index (κ3) is 3.44. The number of hydrogen-bond donors (Lipinski definition) is 1. The SMILES string of the molecule is COc1ccc(N(C)C2=CC(O)Oc3ccccc32)cc1OC(C)=O. The van der Waals surface area contributed by atoms with Crippen LogP contribution in [0, 0.1) is 0 Å². The quantitative estimate of drug-likeness (QED) is 0.681. The van der Waals surface area contributed by atoms with Gasteiger partial charge in [-0.3, -0.25) is 4.79 Å². The minimum Gasteiger partial charge on any atom is -0.493 e. The monoisotopic (exact) mass is 341 g/mol. The molecular weight excluding hydrogens is 322 g/mol. The molecule has 1 atom stereocenters. The summed E-state index contributed by atoms with van der Waals surface area (Å²) in [5.41, 5.74) is 2.42. The van der Waals surface area contributed by atoms with Crippen LogP contribution in [0.2, 0.25) is 0 Å². The molecule has 2 aromatic rings. The van der Waals surface area contributed by atoms with E-state index in [4.69, 9.17) is 14.2 Å². The van der Waals surface area contributed by atoms with E-state index in [1.165, 1.54) is 14.0 Å². The zero-order valence-electron chi connectivity index (χ0n) is 14.2. The maximum Gasteiger partial charge on any atom is 0.308 e. The maximum absolute atomic E-state index is 11.3. The standard InChI is InChI=1S/C19H19NO5/c1-12(21)24-18-10-13(8-9-17(18)23-3)20(2)15-11-19(22)25-16-7-5-4-6-14(15)16/h4-11,19,22H,1-3H3. The zero-order chi connectivity index (χ0) is 18.0. The van der Waals surface area contributed by atoms with E-state index in [1.54, 1.807) is 24.3 Å². The van der Waals surface area contributed by atoms with Crippen molar-refractivity contribution in [1.29, 1.82) is 0 Å². The van der Waals surface area contributed by atoms with Crippen LogP contribution >= 0.6 is 0 Å².